The van der Waals surface area contributed by atoms with E-state index in [0.29, 0.717) is 0 Å². The Morgan fingerprint density at radius 2 is 1.46 bits per heavy atom. The summed E-state index contributed by atoms with van der Waals surface area (Å²) < 4.78 is 5.75. The molecule has 2 heteroatoms. The highest BCUT2D eigenvalue weighted by Crippen LogP contribution is 2.41. The minimum absolute atomic E-state index is 0.0285. The molecule has 0 saturated heterocycles. The van der Waals surface area contributed by atoms with Crippen LogP contribution in [0.25, 0.3) is 11.1 Å². The molecule has 1 atom stereocenters. The Kier molecular flexibility index (Phi) is 6.27. The van der Waals surface area contributed by atoms with E-state index in [-0.39, 0.29) is 18.0 Å². The molecule has 2 aromatic rings. The van der Waals surface area contributed by atoms with E-state index in [0.717, 1.165) is 32.1 Å². The van der Waals surface area contributed by atoms with Crippen LogP contribution in [0.3, 0.4) is 0 Å². The number of ether oxygens (including phenoxy) is 1. The predicted octanol–water partition coefficient (Wildman–Crippen LogP) is 6.13. The van der Waals surface area contributed by atoms with Crippen molar-refractivity contribution in [1.82, 2.24) is 0 Å². The maximum absolute atomic E-state index is 12.7. The lowest BCUT2D eigenvalue weighted by Crippen LogP contribution is -2.26. The molecule has 0 heterocycles. The van der Waals surface area contributed by atoms with Gasteiger partial charge in [0, 0.05) is 0 Å². The highest BCUT2D eigenvalue weighted by Gasteiger charge is 2.29. The molecule has 3 rings (SSSR count). The zero-order valence-corrected chi connectivity index (χ0v) is 15.8. The van der Waals surface area contributed by atoms with E-state index in [2.05, 4.69) is 62.4 Å². The van der Waals surface area contributed by atoms with Gasteiger partial charge in [0.15, 0.2) is 0 Å². The summed E-state index contributed by atoms with van der Waals surface area (Å²) in [6, 6.07) is 21.0. The molecule has 0 bridgehead atoms. The summed E-state index contributed by atoms with van der Waals surface area (Å²) in [5.74, 6) is -0.0717. The Hall–Kier alpha value is -2.35. The van der Waals surface area contributed by atoms with Gasteiger partial charge in [0.05, 0.1) is 5.92 Å². The largest absolute Gasteiger partial charge is 0.462 e. The Morgan fingerprint density at radius 1 is 0.923 bits per heavy atom. The van der Waals surface area contributed by atoms with E-state index in [1.54, 1.807) is 0 Å². The monoisotopic (exact) mass is 348 g/mol. The summed E-state index contributed by atoms with van der Waals surface area (Å²) in [4.78, 5) is 12.7. The molecule has 0 aromatic heterocycles. The fourth-order valence-corrected chi connectivity index (χ4v) is 3.75. The summed E-state index contributed by atoms with van der Waals surface area (Å²) in [6.07, 6.45) is 4.34. The molecule has 0 amide bonds. The quantitative estimate of drug-likeness (QED) is 0.587. The van der Waals surface area contributed by atoms with Crippen molar-refractivity contribution in [2.45, 2.75) is 52.1 Å². The van der Waals surface area contributed by atoms with Crippen molar-refractivity contribution in [3.8, 4) is 0 Å². The number of hydrogen-bond acceptors (Lipinski definition) is 2. The van der Waals surface area contributed by atoms with Gasteiger partial charge in [0.1, 0.15) is 6.10 Å². The number of benzene rings is 2. The summed E-state index contributed by atoms with van der Waals surface area (Å²) in [7, 11) is 0. The summed E-state index contributed by atoms with van der Waals surface area (Å²) in [6.45, 7) is 4.15. The summed E-state index contributed by atoms with van der Waals surface area (Å²) in [5.41, 5.74) is 5.13. The van der Waals surface area contributed by atoms with Crippen molar-refractivity contribution in [2.24, 2.45) is 5.92 Å². The van der Waals surface area contributed by atoms with Crippen LogP contribution in [0.15, 0.2) is 60.7 Å². The first-order valence-corrected chi connectivity index (χ1v) is 9.76. The van der Waals surface area contributed by atoms with Gasteiger partial charge in [-0.15, -0.1) is 0 Å². The highest BCUT2D eigenvalue weighted by atomic mass is 16.5. The molecule has 0 fully saturated rings. The third-order valence-electron chi connectivity index (χ3n) is 5.33. The van der Waals surface area contributed by atoms with E-state index in [4.69, 9.17) is 4.74 Å². The first-order valence-electron chi connectivity index (χ1n) is 9.76. The molecule has 2 aromatic carbocycles. The first-order chi connectivity index (χ1) is 12.7. The highest BCUT2D eigenvalue weighted by molar-refractivity contribution is 5.93. The zero-order valence-electron chi connectivity index (χ0n) is 15.8. The van der Waals surface area contributed by atoms with Gasteiger partial charge in [-0.25, -0.2) is 0 Å². The van der Waals surface area contributed by atoms with E-state index in [1.165, 1.54) is 22.3 Å². The lowest BCUT2D eigenvalue weighted by Gasteiger charge is -2.28. The second kappa shape index (κ2) is 8.84. The van der Waals surface area contributed by atoms with Crippen molar-refractivity contribution in [2.75, 3.05) is 0 Å². The molecule has 1 unspecified atom stereocenters. The second-order valence-electron chi connectivity index (χ2n) is 7.00. The Balaban J connectivity index is 1.89. The van der Waals surface area contributed by atoms with Gasteiger partial charge in [-0.1, -0.05) is 74.5 Å². The van der Waals surface area contributed by atoms with E-state index >= 15 is 0 Å². The van der Waals surface area contributed by atoms with Crippen LogP contribution in [0.2, 0.25) is 0 Å². The van der Waals surface area contributed by atoms with Crippen molar-refractivity contribution in [3.05, 3.63) is 71.8 Å². The van der Waals surface area contributed by atoms with Crippen LogP contribution < -0.4 is 0 Å². The van der Waals surface area contributed by atoms with Crippen molar-refractivity contribution in [1.29, 1.82) is 0 Å². The minimum atomic E-state index is -0.0433. The molecule has 26 heavy (non-hydrogen) atoms. The van der Waals surface area contributed by atoms with Crippen LogP contribution >= 0.6 is 0 Å². The molecule has 0 spiro atoms. The van der Waals surface area contributed by atoms with Crippen LogP contribution in [-0.4, -0.2) is 12.1 Å². The topological polar surface area (TPSA) is 26.3 Å². The van der Waals surface area contributed by atoms with Gasteiger partial charge in [-0.2, -0.15) is 0 Å². The Bertz CT molecular complexity index is 742. The standard InChI is InChI=1S/C24H28O2/c1-3-21(4-2)26-24(25)20-15-16-22(18-11-7-5-8-12-18)23(17-20)19-13-9-6-10-14-19/h5-14,20-21H,3-4,15-17H2,1-2H3. The van der Waals surface area contributed by atoms with Crippen LogP contribution in [-0.2, 0) is 9.53 Å². The minimum Gasteiger partial charge on any atom is -0.462 e. The normalized spacial score (nSPS) is 17.4. The van der Waals surface area contributed by atoms with Crippen molar-refractivity contribution < 1.29 is 9.53 Å². The fraction of sp³-hybridized carbons (Fsp3) is 0.375. The first kappa shape index (κ1) is 18.4. The lowest BCUT2D eigenvalue weighted by molar-refractivity contribution is -0.154. The van der Waals surface area contributed by atoms with Gasteiger partial charge in [-0.3, -0.25) is 4.79 Å². The second-order valence-corrected chi connectivity index (χ2v) is 7.00. The van der Waals surface area contributed by atoms with Crippen LogP contribution in [0, 0.1) is 5.92 Å². The molecular formula is C24H28O2. The number of esters is 1. The third-order valence-corrected chi connectivity index (χ3v) is 5.33. The molecule has 1 aliphatic rings. The van der Waals surface area contributed by atoms with Crippen LogP contribution in [0.4, 0.5) is 0 Å². The Labute approximate surface area is 156 Å². The van der Waals surface area contributed by atoms with Crippen LogP contribution in [0.5, 0.6) is 0 Å². The molecule has 2 nitrogen and oxygen atoms in total. The van der Waals surface area contributed by atoms with Crippen molar-refractivity contribution in [3.63, 3.8) is 0 Å². The molecule has 0 N–H and O–H groups in total. The number of allylic oxidation sites excluding steroid dienone is 2. The number of hydrogen-bond donors (Lipinski definition) is 0. The SMILES string of the molecule is CCC(CC)OC(=O)C1CCC(c2ccccc2)=C(c2ccccc2)C1. The van der Waals surface area contributed by atoms with Gasteiger partial charge in [0.2, 0.25) is 0 Å². The molecule has 0 aliphatic heterocycles. The van der Waals surface area contributed by atoms with Crippen molar-refractivity contribution >= 4 is 17.1 Å². The van der Waals surface area contributed by atoms with Gasteiger partial charge < -0.3 is 4.74 Å². The molecule has 0 radical (unpaired) electrons. The van der Waals surface area contributed by atoms with E-state index in [1.807, 2.05) is 12.1 Å². The number of carbonyl (C=O) groups is 1. The fourth-order valence-electron chi connectivity index (χ4n) is 3.75. The third kappa shape index (κ3) is 4.24. The van der Waals surface area contributed by atoms with E-state index < -0.39 is 0 Å². The summed E-state index contributed by atoms with van der Waals surface area (Å²) >= 11 is 0. The summed E-state index contributed by atoms with van der Waals surface area (Å²) in [5, 5.41) is 0. The predicted molar refractivity (Wildman–Crippen MR) is 108 cm³/mol. The average Bonchev–Trinajstić information content (AvgIpc) is 2.72. The molecule has 136 valence electrons. The average molecular weight is 348 g/mol. The Morgan fingerprint density at radius 3 is 2.00 bits per heavy atom. The molecular weight excluding hydrogens is 320 g/mol. The maximum Gasteiger partial charge on any atom is 0.309 e. The zero-order chi connectivity index (χ0) is 18.4. The smallest absolute Gasteiger partial charge is 0.309 e. The van der Waals surface area contributed by atoms with Crippen LogP contribution in [0.1, 0.15) is 57.1 Å². The molecule has 1 aliphatic carbocycles. The number of carbonyl (C=O) groups excluding carboxylic acids is 1. The van der Waals surface area contributed by atoms with Gasteiger partial charge in [-0.05, 0) is 54.4 Å². The van der Waals surface area contributed by atoms with Gasteiger partial charge in [0.25, 0.3) is 0 Å². The molecule has 0 saturated carbocycles. The van der Waals surface area contributed by atoms with Gasteiger partial charge >= 0.3 is 5.97 Å². The maximum atomic E-state index is 12.7. The van der Waals surface area contributed by atoms with E-state index in [9.17, 15) is 4.79 Å². The number of rotatable bonds is 6. The lowest BCUT2D eigenvalue weighted by atomic mass is 9.78.